The molecule has 0 aliphatic rings. The predicted octanol–water partition coefficient (Wildman–Crippen LogP) is 3.53. The number of para-hydroxylation sites is 1. The van der Waals surface area contributed by atoms with Crippen molar-refractivity contribution >= 4 is 28.1 Å². The van der Waals surface area contributed by atoms with Crippen molar-refractivity contribution in [2.45, 2.75) is 32.6 Å². The molecule has 2 aromatic rings. The number of aromatic amines is 1. The van der Waals surface area contributed by atoms with E-state index in [-0.39, 0.29) is 0 Å². The number of fused-ring (bicyclic) bond motifs is 1. The van der Waals surface area contributed by atoms with Crippen molar-refractivity contribution in [1.29, 1.82) is 0 Å². The standard InChI is InChI=1S/C14H18N2S/c1-2-3-4-8-11-10-7-5-6-9-12(10)16-13(11)14(15)17/h5-7,9,16H,2-4,8H2,1H3,(H2,15,17). The molecular formula is C14H18N2S. The molecule has 0 bridgehead atoms. The summed E-state index contributed by atoms with van der Waals surface area (Å²) in [6, 6.07) is 8.29. The fourth-order valence-electron chi connectivity index (χ4n) is 2.22. The smallest absolute Gasteiger partial charge is 0.120 e. The summed E-state index contributed by atoms with van der Waals surface area (Å²) in [6.45, 7) is 2.21. The Hall–Kier alpha value is -1.35. The van der Waals surface area contributed by atoms with E-state index in [0.717, 1.165) is 17.6 Å². The fourth-order valence-corrected chi connectivity index (χ4v) is 2.40. The Balaban J connectivity index is 2.41. The summed E-state index contributed by atoms with van der Waals surface area (Å²) < 4.78 is 0. The quantitative estimate of drug-likeness (QED) is 0.626. The molecule has 0 fully saturated rings. The van der Waals surface area contributed by atoms with Crippen molar-refractivity contribution in [3.05, 3.63) is 35.5 Å². The number of thiocarbonyl (C=S) groups is 1. The number of nitrogens with two attached hydrogens (primary N) is 1. The van der Waals surface area contributed by atoms with E-state index in [2.05, 4.69) is 30.1 Å². The van der Waals surface area contributed by atoms with E-state index in [0.29, 0.717) is 4.99 Å². The lowest BCUT2D eigenvalue weighted by Crippen LogP contribution is -2.12. The van der Waals surface area contributed by atoms with Gasteiger partial charge in [-0.3, -0.25) is 0 Å². The van der Waals surface area contributed by atoms with Crippen LogP contribution in [0.1, 0.15) is 37.4 Å². The Kier molecular flexibility index (Phi) is 3.79. The van der Waals surface area contributed by atoms with Gasteiger partial charge in [-0.15, -0.1) is 0 Å². The number of hydrogen-bond donors (Lipinski definition) is 2. The molecule has 0 atom stereocenters. The number of rotatable bonds is 5. The zero-order valence-electron chi connectivity index (χ0n) is 10.1. The van der Waals surface area contributed by atoms with Crippen LogP contribution >= 0.6 is 12.2 Å². The average molecular weight is 246 g/mol. The first kappa shape index (κ1) is 12.1. The number of aryl methyl sites for hydroxylation is 1. The maximum atomic E-state index is 5.78. The van der Waals surface area contributed by atoms with Crippen molar-refractivity contribution in [3.8, 4) is 0 Å². The molecule has 17 heavy (non-hydrogen) atoms. The van der Waals surface area contributed by atoms with E-state index in [9.17, 15) is 0 Å². The Morgan fingerprint density at radius 1 is 1.29 bits per heavy atom. The van der Waals surface area contributed by atoms with Crippen LogP contribution in [0.15, 0.2) is 24.3 Å². The van der Waals surface area contributed by atoms with Crippen molar-refractivity contribution in [3.63, 3.8) is 0 Å². The fraction of sp³-hybridized carbons (Fsp3) is 0.357. The lowest BCUT2D eigenvalue weighted by Gasteiger charge is -2.02. The molecule has 0 radical (unpaired) electrons. The second kappa shape index (κ2) is 5.32. The summed E-state index contributed by atoms with van der Waals surface area (Å²) in [5, 5.41) is 1.26. The summed E-state index contributed by atoms with van der Waals surface area (Å²) >= 11 is 5.12. The van der Waals surface area contributed by atoms with Crippen LogP contribution in [0.3, 0.4) is 0 Å². The van der Waals surface area contributed by atoms with Gasteiger partial charge in [0, 0.05) is 10.9 Å². The third-order valence-electron chi connectivity index (χ3n) is 3.09. The summed E-state index contributed by atoms with van der Waals surface area (Å²) in [4.78, 5) is 3.79. The molecule has 1 aromatic carbocycles. The van der Waals surface area contributed by atoms with Crippen LogP contribution in [-0.4, -0.2) is 9.97 Å². The molecule has 0 unspecified atom stereocenters. The van der Waals surface area contributed by atoms with E-state index in [4.69, 9.17) is 18.0 Å². The van der Waals surface area contributed by atoms with Gasteiger partial charge >= 0.3 is 0 Å². The maximum absolute atomic E-state index is 5.78. The van der Waals surface area contributed by atoms with Gasteiger partial charge in [0.15, 0.2) is 0 Å². The van der Waals surface area contributed by atoms with Gasteiger partial charge in [0.05, 0.1) is 5.69 Å². The summed E-state index contributed by atoms with van der Waals surface area (Å²) in [5.41, 5.74) is 9.13. The first-order valence-electron chi connectivity index (χ1n) is 6.13. The number of hydrogen-bond acceptors (Lipinski definition) is 1. The van der Waals surface area contributed by atoms with E-state index >= 15 is 0 Å². The number of benzene rings is 1. The first-order chi connectivity index (χ1) is 8.24. The molecule has 0 spiro atoms. The Morgan fingerprint density at radius 3 is 2.76 bits per heavy atom. The van der Waals surface area contributed by atoms with Crippen LogP contribution in [0, 0.1) is 0 Å². The summed E-state index contributed by atoms with van der Waals surface area (Å²) in [6.07, 6.45) is 4.71. The van der Waals surface area contributed by atoms with Gasteiger partial charge in [-0.2, -0.15) is 0 Å². The van der Waals surface area contributed by atoms with Gasteiger partial charge in [0.1, 0.15) is 4.99 Å². The predicted molar refractivity (Wildman–Crippen MR) is 77.4 cm³/mol. The topological polar surface area (TPSA) is 41.8 Å². The Bertz CT molecular complexity index is 528. The number of nitrogens with one attached hydrogen (secondary N) is 1. The minimum absolute atomic E-state index is 0.465. The van der Waals surface area contributed by atoms with Crippen molar-refractivity contribution in [1.82, 2.24) is 4.98 Å². The summed E-state index contributed by atoms with van der Waals surface area (Å²) in [7, 11) is 0. The van der Waals surface area contributed by atoms with Gasteiger partial charge in [-0.05, 0) is 24.5 Å². The number of aromatic nitrogens is 1. The average Bonchev–Trinajstić information content (AvgIpc) is 2.69. The van der Waals surface area contributed by atoms with Crippen molar-refractivity contribution < 1.29 is 0 Å². The maximum Gasteiger partial charge on any atom is 0.120 e. The van der Waals surface area contributed by atoms with Gasteiger partial charge in [-0.25, -0.2) is 0 Å². The highest BCUT2D eigenvalue weighted by atomic mass is 32.1. The third-order valence-corrected chi connectivity index (χ3v) is 3.29. The molecule has 0 aliphatic heterocycles. The minimum atomic E-state index is 0.465. The largest absolute Gasteiger partial charge is 0.388 e. The molecule has 3 heteroatoms. The normalized spacial score (nSPS) is 10.9. The molecule has 0 aliphatic carbocycles. The molecule has 0 saturated carbocycles. The monoisotopic (exact) mass is 246 g/mol. The van der Waals surface area contributed by atoms with Crippen LogP contribution in [0.5, 0.6) is 0 Å². The SMILES string of the molecule is CCCCCc1c(C(N)=S)[nH]c2ccccc12. The Morgan fingerprint density at radius 2 is 2.06 bits per heavy atom. The lowest BCUT2D eigenvalue weighted by molar-refractivity contribution is 0.719. The van der Waals surface area contributed by atoms with Gasteiger partial charge in [-0.1, -0.05) is 50.2 Å². The van der Waals surface area contributed by atoms with Crippen LogP contribution < -0.4 is 5.73 Å². The summed E-state index contributed by atoms with van der Waals surface area (Å²) in [5.74, 6) is 0. The molecule has 1 heterocycles. The highest BCUT2D eigenvalue weighted by Gasteiger charge is 2.12. The second-order valence-electron chi connectivity index (χ2n) is 4.35. The van der Waals surface area contributed by atoms with Crippen LogP contribution in [0.2, 0.25) is 0 Å². The third kappa shape index (κ3) is 2.50. The molecular weight excluding hydrogens is 228 g/mol. The van der Waals surface area contributed by atoms with Crippen LogP contribution in [-0.2, 0) is 6.42 Å². The number of H-pyrrole nitrogens is 1. The highest BCUT2D eigenvalue weighted by Crippen LogP contribution is 2.24. The van der Waals surface area contributed by atoms with Crippen LogP contribution in [0.25, 0.3) is 10.9 Å². The molecule has 0 saturated heterocycles. The highest BCUT2D eigenvalue weighted by molar-refractivity contribution is 7.80. The molecule has 2 rings (SSSR count). The van der Waals surface area contributed by atoms with Crippen LogP contribution in [0.4, 0.5) is 0 Å². The van der Waals surface area contributed by atoms with Gasteiger partial charge in [0.25, 0.3) is 0 Å². The van der Waals surface area contributed by atoms with Crippen molar-refractivity contribution in [2.75, 3.05) is 0 Å². The van der Waals surface area contributed by atoms with E-state index in [1.807, 2.05) is 6.07 Å². The van der Waals surface area contributed by atoms with Gasteiger partial charge in [0.2, 0.25) is 0 Å². The van der Waals surface area contributed by atoms with E-state index in [1.165, 1.54) is 30.2 Å². The Labute approximate surface area is 107 Å². The van der Waals surface area contributed by atoms with E-state index < -0.39 is 0 Å². The number of unbranched alkanes of at least 4 members (excludes halogenated alkanes) is 2. The minimum Gasteiger partial charge on any atom is -0.388 e. The van der Waals surface area contributed by atoms with Crippen molar-refractivity contribution in [2.24, 2.45) is 5.73 Å². The molecule has 1 aromatic heterocycles. The molecule has 0 amide bonds. The van der Waals surface area contributed by atoms with Gasteiger partial charge < -0.3 is 10.7 Å². The lowest BCUT2D eigenvalue weighted by atomic mass is 10.0. The zero-order valence-corrected chi connectivity index (χ0v) is 10.9. The zero-order chi connectivity index (χ0) is 12.3. The first-order valence-corrected chi connectivity index (χ1v) is 6.54. The molecule has 90 valence electrons. The molecule has 2 nitrogen and oxygen atoms in total. The van der Waals surface area contributed by atoms with E-state index in [1.54, 1.807) is 0 Å². The second-order valence-corrected chi connectivity index (χ2v) is 4.79. The molecule has 3 N–H and O–H groups in total.